The van der Waals surface area contributed by atoms with Crippen LogP contribution in [0, 0.1) is 0 Å². The second kappa shape index (κ2) is 4.23. The van der Waals surface area contributed by atoms with Crippen LogP contribution in [0.15, 0.2) is 28.7 Å². The number of rotatable bonds is 2. The van der Waals surface area contributed by atoms with Crippen molar-refractivity contribution in [2.24, 2.45) is 0 Å². The Morgan fingerprint density at radius 2 is 1.94 bits per heavy atom. The molecule has 1 saturated heterocycles. The maximum absolute atomic E-state index is 11.7. The topological polar surface area (TPSA) is 69.6 Å². The van der Waals surface area contributed by atoms with E-state index in [4.69, 9.17) is 5.11 Å². The van der Waals surface area contributed by atoms with Crippen LogP contribution < -0.4 is 10.2 Å². The monoisotopic (exact) mass is 284 g/mol. The quantitative estimate of drug-likeness (QED) is 0.792. The number of benzene rings is 1. The molecule has 2 N–H and O–H groups in total. The zero-order chi connectivity index (χ0) is 11.7. The molecule has 1 fully saturated rings. The van der Waals surface area contributed by atoms with Crippen molar-refractivity contribution in [2.45, 2.75) is 6.04 Å². The summed E-state index contributed by atoms with van der Waals surface area (Å²) in [5.74, 6) is -0.435. The van der Waals surface area contributed by atoms with Crippen molar-refractivity contribution < 1.29 is 14.7 Å². The molecule has 0 aromatic heterocycles. The lowest BCUT2D eigenvalue weighted by molar-refractivity contribution is -0.119. The summed E-state index contributed by atoms with van der Waals surface area (Å²) in [4.78, 5) is 24.2. The third kappa shape index (κ3) is 1.81. The van der Waals surface area contributed by atoms with Gasteiger partial charge in [-0.15, -0.1) is 0 Å². The lowest BCUT2D eigenvalue weighted by Crippen LogP contribution is -2.33. The minimum absolute atomic E-state index is 0.391. The molecule has 3 amide bonds. The highest BCUT2D eigenvalue weighted by atomic mass is 79.9. The number of hydrogen-bond donors (Lipinski definition) is 2. The van der Waals surface area contributed by atoms with Crippen molar-refractivity contribution in [3.8, 4) is 0 Å². The molecule has 0 aliphatic carbocycles. The summed E-state index contributed by atoms with van der Waals surface area (Å²) < 4.78 is 0.863. The first-order valence-electron chi connectivity index (χ1n) is 4.64. The fourth-order valence-electron chi connectivity index (χ4n) is 1.49. The first kappa shape index (κ1) is 11.1. The first-order valence-corrected chi connectivity index (χ1v) is 5.43. The molecule has 0 spiro atoms. The SMILES string of the molecule is O=C1N[C@@H](CO)C(=O)N1c1ccc(Br)cc1. The Kier molecular flexibility index (Phi) is 2.93. The lowest BCUT2D eigenvalue weighted by atomic mass is 10.2. The highest BCUT2D eigenvalue weighted by Crippen LogP contribution is 2.21. The molecule has 16 heavy (non-hydrogen) atoms. The van der Waals surface area contributed by atoms with Crippen molar-refractivity contribution in [3.63, 3.8) is 0 Å². The van der Waals surface area contributed by atoms with Gasteiger partial charge >= 0.3 is 6.03 Å². The van der Waals surface area contributed by atoms with E-state index in [1.807, 2.05) is 0 Å². The number of nitrogens with zero attached hydrogens (tertiary/aromatic N) is 1. The third-order valence-corrected chi connectivity index (χ3v) is 2.82. The van der Waals surface area contributed by atoms with Gasteiger partial charge in [0.2, 0.25) is 0 Å². The maximum Gasteiger partial charge on any atom is 0.329 e. The van der Waals surface area contributed by atoms with E-state index in [-0.39, 0.29) is 0 Å². The van der Waals surface area contributed by atoms with Gasteiger partial charge in [-0.3, -0.25) is 4.79 Å². The number of aliphatic hydroxyl groups is 1. The van der Waals surface area contributed by atoms with E-state index >= 15 is 0 Å². The average Bonchev–Trinajstić information content (AvgIpc) is 2.56. The van der Waals surface area contributed by atoms with Crippen LogP contribution in [0.25, 0.3) is 0 Å². The van der Waals surface area contributed by atoms with Crippen molar-refractivity contribution in [1.82, 2.24) is 5.32 Å². The van der Waals surface area contributed by atoms with Crippen LogP contribution in [0.4, 0.5) is 10.5 Å². The molecule has 0 radical (unpaired) electrons. The van der Waals surface area contributed by atoms with Gasteiger partial charge in [0, 0.05) is 4.47 Å². The standard InChI is InChI=1S/C10H9BrN2O3/c11-6-1-3-7(4-2-6)13-9(15)8(5-14)12-10(13)16/h1-4,8,14H,5H2,(H,12,16)/t8-/m0/s1. The highest BCUT2D eigenvalue weighted by molar-refractivity contribution is 9.10. The minimum atomic E-state index is -0.837. The van der Waals surface area contributed by atoms with Crippen LogP contribution >= 0.6 is 15.9 Å². The molecule has 0 unspecified atom stereocenters. The average molecular weight is 285 g/mol. The van der Waals surface area contributed by atoms with E-state index in [9.17, 15) is 9.59 Å². The van der Waals surface area contributed by atoms with E-state index in [0.29, 0.717) is 5.69 Å². The molecular weight excluding hydrogens is 276 g/mol. The molecule has 0 bridgehead atoms. The van der Waals surface area contributed by atoms with Gasteiger partial charge in [0.1, 0.15) is 6.04 Å². The van der Waals surface area contributed by atoms with E-state index in [1.165, 1.54) is 0 Å². The molecule has 1 aliphatic heterocycles. The van der Waals surface area contributed by atoms with E-state index in [1.54, 1.807) is 24.3 Å². The predicted octanol–water partition coefficient (Wildman–Crippen LogP) is 0.866. The Labute approximate surface area is 100 Å². The fraction of sp³-hybridized carbons (Fsp3) is 0.200. The molecular formula is C10H9BrN2O3. The molecule has 1 aliphatic rings. The molecule has 2 rings (SSSR count). The van der Waals surface area contributed by atoms with Gasteiger partial charge in [0.05, 0.1) is 12.3 Å². The summed E-state index contributed by atoms with van der Waals surface area (Å²) in [7, 11) is 0. The summed E-state index contributed by atoms with van der Waals surface area (Å²) >= 11 is 3.27. The van der Waals surface area contributed by atoms with Gasteiger partial charge < -0.3 is 10.4 Å². The van der Waals surface area contributed by atoms with Crippen molar-refractivity contribution in [1.29, 1.82) is 0 Å². The number of anilines is 1. The summed E-state index contributed by atoms with van der Waals surface area (Å²) in [6.07, 6.45) is 0. The van der Waals surface area contributed by atoms with E-state index in [2.05, 4.69) is 21.2 Å². The normalized spacial score (nSPS) is 20.1. The van der Waals surface area contributed by atoms with Gasteiger partial charge in [0.25, 0.3) is 5.91 Å². The smallest absolute Gasteiger partial charge is 0.329 e. The minimum Gasteiger partial charge on any atom is -0.394 e. The summed E-state index contributed by atoms with van der Waals surface area (Å²) in [6, 6.07) is 5.44. The molecule has 0 saturated carbocycles. The zero-order valence-corrected chi connectivity index (χ0v) is 9.77. The molecule has 1 heterocycles. The van der Waals surface area contributed by atoms with Crippen molar-refractivity contribution in [3.05, 3.63) is 28.7 Å². The number of urea groups is 1. The van der Waals surface area contributed by atoms with Crippen molar-refractivity contribution in [2.75, 3.05) is 11.5 Å². The molecule has 84 valence electrons. The summed E-state index contributed by atoms with van der Waals surface area (Å²) in [5.41, 5.74) is 0.488. The summed E-state index contributed by atoms with van der Waals surface area (Å²) in [5, 5.41) is 11.3. The van der Waals surface area contributed by atoms with Crippen LogP contribution in [0.1, 0.15) is 0 Å². The Morgan fingerprint density at radius 1 is 1.31 bits per heavy atom. The van der Waals surface area contributed by atoms with Crippen LogP contribution in [0.3, 0.4) is 0 Å². The largest absolute Gasteiger partial charge is 0.394 e. The van der Waals surface area contributed by atoms with Crippen molar-refractivity contribution >= 4 is 33.6 Å². The second-order valence-corrected chi connectivity index (χ2v) is 4.25. The number of halogens is 1. The number of hydrogen-bond acceptors (Lipinski definition) is 3. The predicted molar refractivity (Wildman–Crippen MR) is 61.0 cm³/mol. The third-order valence-electron chi connectivity index (χ3n) is 2.29. The Morgan fingerprint density at radius 3 is 2.44 bits per heavy atom. The van der Waals surface area contributed by atoms with Gasteiger partial charge in [-0.2, -0.15) is 0 Å². The number of carbonyl (C=O) groups excluding carboxylic acids is 2. The van der Waals surface area contributed by atoms with Gasteiger partial charge in [-0.1, -0.05) is 15.9 Å². The van der Waals surface area contributed by atoms with E-state index in [0.717, 1.165) is 9.37 Å². The van der Waals surface area contributed by atoms with Crippen LogP contribution in [-0.2, 0) is 4.79 Å². The number of nitrogens with one attached hydrogen (secondary N) is 1. The van der Waals surface area contributed by atoms with E-state index < -0.39 is 24.6 Å². The number of aliphatic hydroxyl groups excluding tert-OH is 1. The maximum atomic E-state index is 11.7. The van der Waals surface area contributed by atoms with Crippen LogP contribution in [0.2, 0.25) is 0 Å². The molecule has 1 atom stereocenters. The Bertz CT molecular complexity index is 432. The van der Waals surface area contributed by atoms with Crippen LogP contribution in [0.5, 0.6) is 0 Å². The fourth-order valence-corrected chi connectivity index (χ4v) is 1.75. The number of imide groups is 1. The first-order chi connectivity index (χ1) is 7.63. The zero-order valence-electron chi connectivity index (χ0n) is 8.18. The Balaban J connectivity index is 2.31. The molecule has 1 aromatic rings. The molecule has 1 aromatic carbocycles. The van der Waals surface area contributed by atoms with Gasteiger partial charge in [-0.05, 0) is 24.3 Å². The number of amides is 3. The highest BCUT2D eigenvalue weighted by Gasteiger charge is 2.38. The Hall–Kier alpha value is -1.40. The second-order valence-electron chi connectivity index (χ2n) is 3.33. The molecule has 6 heteroatoms. The number of carbonyl (C=O) groups is 2. The van der Waals surface area contributed by atoms with Gasteiger partial charge in [0.15, 0.2) is 0 Å². The van der Waals surface area contributed by atoms with Crippen LogP contribution in [-0.4, -0.2) is 29.7 Å². The molecule has 5 nitrogen and oxygen atoms in total. The van der Waals surface area contributed by atoms with Gasteiger partial charge in [-0.25, -0.2) is 9.69 Å². The lowest BCUT2D eigenvalue weighted by Gasteiger charge is -2.12. The summed E-state index contributed by atoms with van der Waals surface area (Å²) in [6.45, 7) is -0.391.